The number of rotatable bonds is 4. The molecule has 0 unspecified atom stereocenters. The maximum Gasteiger partial charge on any atom is 0.261 e. The van der Waals surface area contributed by atoms with Gasteiger partial charge in [-0.1, -0.05) is 25.1 Å². The number of aliphatic hydroxyl groups excluding tert-OH is 1. The molecule has 6 nitrogen and oxygen atoms in total. The van der Waals surface area contributed by atoms with Gasteiger partial charge in [-0.15, -0.1) is 0 Å². The predicted molar refractivity (Wildman–Crippen MR) is 92.9 cm³/mol. The first-order valence-electron chi connectivity index (χ1n) is 9.18. The lowest BCUT2D eigenvalue weighted by molar-refractivity contribution is -0.159. The molecule has 3 aliphatic heterocycles. The van der Waals surface area contributed by atoms with Gasteiger partial charge in [0.15, 0.2) is 5.60 Å². The van der Waals surface area contributed by atoms with E-state index in [1.54, 1.807) is 6.07 Å². The third kappa shape index (κ3) is 2.43. The Hall–Kier alpha value is -1.47. The second-order valence-electron chi connectivity index (χ2n) is 7.51. The van der Waals surface area contributed by atoms with Crippen LogP contribution >= 0.6 is 0 Å². The minimum Gasteiger partial charge on any atom is -0.392 e. The lowest BCUT2D eigenvalue weighted by Crippen LogP contribution is -2.57. The van der Waals surface area contributed by atoms with Crippen LogP contribution in [0.1, 0.15) is 38.2 Å². The number of anilines is 1. The van der Waals surface area contributed by atoms with Crippen LogP contribution in [0, 0.1) is 5.41 Å². The third-order valence-corrected chi connectivity index (χ3v) is 6.44. The maximum atomic E-state index is 12.4. The molecule has 3 heterocycles. The normalized spacial score (nSPS) is 37.6. The summed E-state index contributed by atoms with van der Waals surface area (Å²) < 4.78 is 5.96. The Morgan fingerprint density at radius 1 is 1.40 bits per heavy atom. The van der Waals surface area contributed by atoms with Crippen LogP contribution in [0.15, 0.2) is 24.3 Å². The predicted octanol–water partition coefficient (Wildman–Crippen LogP) is 1.43. The first kappa shape index (κ1) is 17.0. The fourth-order valence-corrected chi connectivity index (χ4v) is 4.81. The molecule has 1 aromatic carbocycles. The van der Waals surface area contributed by atoms with Crippen molar-refractivity contribution in [3.8, 4) is 0 Å². The van der Waals surface area contributed by atoms with Crippen molar-refractivity contribution < 1.29 is 19.7 Å². The van der Waals surface area contributed by atoms with Crippen LogP contribution in [0.2, 0.25) is 0 Å². The summed E-state index contributed by atoms with van der Waals surface area (Å²) in [7, 11) is 0. The van der Waals surface area contributed by atoms with Crippen LogP contribution in [0.4, 0.5) is 5.69 Å². The van der Waals surface area contributed by atoms with Crippen molar-refractivity contribution >= 4 is 11.6 Å². The van der Waals surface area contributed by atoms with Crippen LogP contribution < -0.4 is 5.32 Å². The number of nitrogens with one attached hydrogen (secondary N) is 1. The first-order chi connectivity index (χ1) is 12.0. The number of carbonyl (C=O) groups is 1. The molecule has 0 spiro atoms. The summed E-state index contributed by atoms with van der Waals surface area (Å²) in [6, 6.07) is 7.29. The Morgan fingerprint density at radius 3 is 3.00 bits per heavy atom. The zero-order valence-corrected chi connectivity index (χ0v) is 14.6. The number of likely N-dealkylation sites (tertiary alicyclic amines) is 1. The van der Waals surface area contributed by atoms with Gasteiger partial charge in [-0.05, 0) is 25.3 Å². The van der Waals surface area contributed by atoms with E-state index in [0.717, 1.165) is 12.8 Å². The summed E-state index contributed by atoms with van der Waals surface area (Å²) in [5.74, 6) is -0.361. The fourth-order valence-electron chi connectivity index (χ4n) is 4.81. The minimum absolute atomic E-state index is 0.135. The van der Waals surface area contributed by atoms with Gasteiger partial charge < -0.3 is 20.3 Å². The highest BCUT2D eigenvalue weighted by molar-refractivity contribution is 6.04. The second kappa shape index (κ2) is 6.06. The van der Waals surface area contributed by atoms with E-state index >= 15 is 0 Å². The van der Waals surface area contributed by atoms with Crippen LogP contribution in [0.3, 0.4) is 0 Å². The summed E-state index contributed by atoms with van der Waals surface area (Å²) in [6.45, 7) is 4.02. The molecular formula is C19H26N2O4. The van der Waals surface area contributed by atoms with Crippen molar-refractivity contribution in [2.45, 2.75) is 50.5 Å². The molecule has 6 heteroatoms. The van der Waals surface area contributed by atoms with Gasteiger partial charge in [0.2, 0.25) is 0 Å². The standard InChI is InChI=1S/C19H26N2O4/c1-2-18-9-12-25-17(18)21(10-7-15(18)22)11-8-19(24)13-5-3-4-6-14(13)20-16(19)23/h3-6,15,17,22,24H,2,7-12H2,1H3,(H,20,23)/t15-,17+,18+,19-/m1/s1. The first-order valence-corrected chi connectivity index (χ1v) is 9.18. The number of carbonyl (C=O) groups excluding carboxylic acids is 1. The molecule has 2 saturated heterocycles. The van der Waals surface area contributed by atoms with Crippen LogP contribution in [0.5, 0.6) is 0 Å². The molecule has 1 amide bonds. The SMILES string of the molecule is CC[C@@]12CCO[C@@H]1N(CC[C@]1(O)C(=O)Nc3ccccc31)CC[C@H]2O. The molecule has 0 aromatic heterocycles. The molecule has 0 saturated carbocycles. The highest BCUT2D eigenvalue weighted by atomic mass is 16.5. The van der Waals surface area contributed by atoms with Gasteiger partial charge in [0.1, 0.15) is 6.23 Å². The van der Waals surface area contributed by atoms with Crippen molar-refractivity contribution in [3.63, 3.8) is 0 Å². The Morgan fingerprint density at radius 2 is 2.20 bits per heavy atom. The van der Waals surface area contributed by atoms with Crippen LogP contribution in [0.25, 0.3) is 0 Å². The van der Waals surface area contributed by atoms with Gasteiger partial charge in [-0.2, -0.15) is 0 Å². The number of nitrogens with zero attached hydrogens (tertiary/aromatic N) is 1. The fraction of sp³-hybridized carbons (Fsp3) is 0.632. The highest BCUT2D eigenvalue weighted by Crippen LogP contribution is 2.47. The lowest BCUT2D eigenvalue weighted by Gasteiger charge is -2.48. The van der Waals surface area contributed by atoms with E-state index in [1.165, 1.54) is 0 Å². The molecule has 3 N–H and O–H groups in total. The molecule has 0 bridgehead atoms. The van der Waals surface area contributed by atoms with E-state index in [2.05, 4.69) is 17.1 Å². The number of fused-ring (bicyclic) bond motifs is 2. The van der Waals surface area contributed by atoms with Crippen molar-refractivity contribution in [2.75, 3.05) is 25.0 Å². The molecule has 4 atom stereocenters. The Balaban J connectivity index is 1.53. The quantitative estimate of drug-likeness (QED) is 0.768. The third-order valence-electron chi connectivity index (χ3n) is 6.44. The van der Waals surface area contributed by atoms with Crippen LogP contribution in [-0.4, -0.2) is 53.0 Å². The summed E-state index contributed by atoms with van der Waals surface area (Å²) in [4.78, 5) is 14.6. The Labute approximate surface area is 147 Å². The summed E-state index contributed by atoms with van der Waals surface area (Å²) in [5.41, 5.74) is -0.396. The average molecular weight is 346 g/mol. The zero-order chi connectivity index (χ0) is 17.7. The van der Waals surface area contributed by atoms with E-state index in [1.807, 2.05) is 18.2 Å². The van der Waals surface area contributed by atoms with Crippen molar-refractivity contribution in [3.05, 3.63) is 29.8 Å². The lowest BCUT2D eigenvalue weighted by atomic mass is 9.72. The van der Waals surface area contributed by atoms with Gasteiger partial charge in [0, 0.05) is 42.8 Å². The van der Waals surface area contributed by atoms with Gasteiger partial charge in [-0.3, -0.25) is 9.69 Å². The molecular weight excluding hydrogens is 320 g/mol. The molecule has 25 heavy (non-hydrogen) atoms. The summed E-state index contributed by atoms with van der Waals surface area (Å²) in [5, 5.41) is 24.3. The van der Waals surface area contributed by atoms with E-state index < -0.39 is 5.60 Å². The Bertz CT molecular complexity index is 681. The molecule has 1 aromatic rings. The number of piperidine rings is 1. The molecule has 3 aliphatic rings. The van der Waals surface area contributed by atoms with Crippen molar-refractivity contribution in [1.82, 2.24) is 4.90 Å². The highest BCUT2D eigenvalue weighted by Gasteiger charge is 2.54. The molecule has 0 radical (unpaired) electrons. The minimum atomic E-state index is -1.50. The van der Waals surface area contributed by atoms with E-state index in [9.17, 15) is 15.0 Å². The molecule has 136 valence electrons. The largest absolute Gasteiger partial charge is 0.392 e. The van der Waals surface area contributed by atoms with Gasteiger partial charge in [0.25, 0.3) is 5.91 Å². The molecule has 4 rings (SSSR count). The molecule has 2 fully saturated rings. The monoisotopic (exact) mass is 346 g/mol. The number of aliphatic hydroxyl groups is 2. The number of hydrogen-bond donors (Lipinski definition) is 3. The number of para-hydroxylation sites is 1. The Kier molecular flexibility index (Phi) is 4.11. The van der Waals surface area contributed by atoms with E-state index in [0.29, 0.717) is 43.8 Å². The maximum absolute atomic E-state index is 12.4. The number of amides is 1. The van der Waals surface area contributed by atoms with Crippen LogP contribution in [-0.2, 0) is 15.1 Å². The van der Waals surface area contributed by atoms with Crippen molar-refractivity contribution in [2.24, 2.45) is 5.41 Å². The topological polar surface area (TPSA) is 82.0 Å². The molecule has 0 aliphatic carbocycles. The average Bonchev–Trinajstić information content (AvgIpc) is 3.17. The van der Waals surface area contributed by atoms with Gasteiger partial charge in [0.05, 0.1) is 6.10 Å². The second-order valence-corrected chi connectivity index (χ2v) is 7.51. The van der Waals surface area contributed by atoms with Gasteiger partial charge in [-0.25, -0.2) is 0 Å². The smallest absolute Gasteiger partial charge is 0.261 e. The summed E-state index contributed by atoms with van der Waals surface area (Å²) >= 11 is 0. The van der Waals surface area contributed by atoms with Crippen molar-refractivity contribution in [1.29, 1.82) is 0 Å². The number of benzene rings is 1. The van der Waals surface area contributed by atoms with E-state index in [4.69, 9.17) is 4.74 Å². The summed E-state index contributed by atoms with van der Waals surface area (Å²) in [6.07, 6.45) is 2.26. The number of ether oxygens (including phenoxy) is 1. The van der Waals surface area contributed by atoms with Gasteiger partial charge >= 0.3 is 0 Å². The number of hydrogen-bond acceptors (Lipinski definition) is 5. The zero-order valence-electron chi connectivity index (χ0n) is 14.6. The van der Waals surface area contributed by atoms with E-state index in [-0.39, 0.29) is 23.7 Å².